The molecule has 4 bridgehead atoms. The second-order valence-corrected chi connectivity index (χ2v) is 6.27. The Morgan fingerprint density at radius 3 is 2.33 bits per heavy atom. The van der Waals surface area contributed by atoms with Crippen LogP contribution in [0.5, 0.6) is 0 Å². The number of hydrogen-bond acceptors (Lipinski definition) is 4. The molecule has 6 nitrogen and oxygen atoms in total. The van der Waals surface area contributed by atoms with Gasteiger partial charge in [0.1, 0.15) is 0 Å². The van der Waals surface area contributed by atoms with E-state index in [1.54, 1.807) is 6.33 Å². The summed E-state index contributed by atoms with van der Waals surface area (Å²) < 4.78 is 0. The fraction of sp³-hybridized carbons (Fsp3) is 0.909. The van der Waals surface area contributed by atoms with Crippen LogP contribution in [0.1, 0.15) is 38.5 Å². The highest BCUT2D eigenvalue weighted by Gasteiger charge is 2.58. The van der Waals surface area contributed by atoms with Crippen molar-refractivity contribution in [3.05, 3.63) is 6.33 Å². The quantitative estimate of drug-likeness (QED) is 0.794. The van der Waals surface area contributed by atoms with Gasteiger partial charge in [-0.3, -0.25) is 0 Å². The predicted molar refractivity (Wildman–Crippen MR) is 68.3 cm³/mol. The van der Waals surface area contributed by atoms with Gasteiger partial charge < -0.3 is 11.2 Å². The molecule has 18 heavy (non-hydrogen) atoms. The molecule has 2 atom stereocenters. The van der Waals surface area contributed by atoms with Crippen LogP contribution in [0.15, 0.2) is 6.33 Å². The Bertz CT molecular complexity index is 409. The van der Waals surface area contributed by atoms with E-state index in [1.165, 1.54) is 32.1 Å². The zero-order valence-electron chi connectivity index (χ0n) is 10.2. The SMILES string of the molecule is Cl.NC12CC3CC(C1)CC(n1ncnn1)(C3)C2.O. The zero-order valence-corrected chi connectivity index (χ0v) is 11.1. The molecule has 0 saturated heterocycles. The molecule has 1 heterocycles. The van der Waals surface area contributed by atoms with E-state index < -0.39 is 0 Å². The Morgan fingerprint density at radius 2 is 1.83 bits per heavy atom. The van der Waals surface area contributed by atoms with Gasteiger partial charge in [0.2, 0.25) is 0 Å². The van der Waals surface area contributed by atoms with Crippen LogP contribution in [0.25, 0.3) is 0 Å². The van der Waals surface area contributed by atoms with Gasteiger partial charge in [-0.05, 0) is 55.6 Å². The number of nitrogens with zero attached hydrogens (tertiary/aromatic N) is 4. The van der Waals surface area contributed by atoms with Gasteiger partial charge in [0.05, 0.1) is 5.54 Å². The topological polar surface area (TPSA) is 101 Å². The van der Waals surface area contributed by atoms with Gasteiger partial charge >= 0.3 is 0 Å². The molecular weight excluding hydrogens is 254 g/mol. The van der Waals surface area contributed by atoms with Crippen LogP contribution in [0, 0.1) is 11.8 Å². The average Bonchev–Trinajstić information content (AvgIpc) is 2.65. The highest BCUT2D eigenvalue weighted by atomic mass is 35.5. The van der Waals surface area contributed by atoms with Gasteiger partial charge in [-0.2, -0.15) is 4.80 Å². The van der Waals surface area contributed by atoms with Crippen molar-refractivity contribution in [3.8, 4) is 0 Å². The van der Waals surface area contributed by atoms with Crippen molar-refractivity contribution in [1.29, 1.82) is 0 Å². The van der Waals surface area contributed by atoms with E-state index in [0.717, 1.165) is 18.3 Å². The summed E-state index contributed by atoms with van der Waals surface area (Å²) in [4.78, 5) is 1.85. The maximum atomic E-state index is 6.52. The summed E-state index contributed by atoms with van der Waals surface area (Å²) in [5, 5.41) is 12.3. The van der Waals surface area contributed by atoms with Gasteiger partial charge in [0, 0.05) is 5.54 Å². The Balaban J connectivity index is 0.000000602. The summed E-state index contributed by atoms with van der Waals surface area (Å²) in [6, 6.07) is 0. The van der Waals surface area contributed by atoms with Crippen LogP contribution < -0.4 is 5.73 Å². The Morgan fingerprint density at radius 1 is 1.17 bits per heavy atom. The van der Waals surface area contributed by atoms with Crippen molar-refractivity contribution < 1.29 is 5.48 Å². The molecule has 102 valence electrons. The average molecular weight is 274 g/mol. The first-order valence-electron chi connectivity index (χ1n) is 6.20. The lowest BCUT2D eigenvalue weighted by Crippen LogP contribution is -2.63. The Hall–Kier alpha value is -0.720. The van der Waals surface area contributed by atoms with Crippen LogP contribution in [-0.4, -0.2) is 31.2 Å². The van der Waals surface area contributed by atoms with Crippen LogP contribution in [0.2, 0.25) is 0 Å². The smallest absolute Gasteiger partial charge is 0.162 e. The van der Waals surface area contributed by atoms with Crippen LogP contribution in [0.4, 0.5) is 0 Å². The monoisotopic (exact) mass is 273 g/mol. The van der Waals surface area contributed by atoms with Crippen LogP contribution >= 0.6 is 12.4 Å². The van der Waals surface area contributed by atoms with Crippen molar-refractivity contribution in [2.24, 2.45) is 17.6 Å². The normalized spacial score (nSPS) is 44.3. The van der Waals surface area contributed by atoms with Crippen molar-refractivity contribution in [3.63, 3.8) is 0 Å². The van der Waals surface area contributed by atoms with Crippen LogP contribution in [0.3, 0.4) is 0 Å². The highest BCUT2D eigenvalue weighted by molar-refractivity contribution is 5.85. The molecule has 2 unspecified atom stereocenters. The molecular formula is C11H20ClN5O. The standard InChI is InChI=1S/C11H17N5.ClH.H2O/c12-10-2-8-1-9(3-10)5-11(4-8,6-10)16-14-7-13-15-16;;/h7-9H,1-6,12H2;1H;1H2. The van der Waals surface area contributed by atoms with E-state index in [1.807, 2.05) is 4.80 Å². The largest absolute Gasteiger partial charge is 0.412 e. The number of nitrogens with two attached hydrogens (primary N) is 1. The van der Waals surface area contributed by atoms with Gasteiger partial charge in [-0.25, -0.2) is 0 Å². The molecule has 0 aromatic carbocycles. The lowest BCUT2D eigenvalue weighted by Gasteiger charge is -2.59. The molecule has 4 aliphatic rings. The number of hydrogen-bond donors (Lipinski definition) is 1. The van der Waals surface area contributed by atoms with Crippen LogP contribution in [-0.2, 0) is 5.54 Å². The lowest BCUT2D eigenvalue weighted by atomic mass is 9.50. The van der Waals surface area contributed by atoms with E-state index in [4.69, 9.17) is 5.73 Å². The molecule has 7 heteroatoms. The molecule has 4 saturated carbocycles. The molecule has 1 aromatic heterocycles. The van der Waals surface area contributed by atoms with E-state index in [0.29, 0.717) is 0 Å². The second-order valence-electron chi connectivity index (χ2n) is 6.27. The minimum atomic E-state index is 0. The molecule has 4 aliphatic carbocycles. The molecule has 4 N–H and O–H groups in total. The fourth-order valence-corrected chi connectivity index (χ4v) is 4.90. The molecule has 0 radical (unpaired) electrons. The summed E-state index contributed by atoms with van der Waals surface area (Å²) in [5.74, 6) is 1.58. The summed E-state index contributed by atoms with van der Waals surface area (Å²) in [6.45, 7) is 0. The fourth-order valence-electron chi connectivity index (χ4n) is 4.90. The van der Waals surface area contributed by atoms with Crippen molar-refractivity contribution >= 4 is 12.4 Å². The maximum absolute atomic E-state index is 6.52. The number of halogens is 1. The van der Waals surface area contributed by atoms with Crippen molar-refractivity contribution in [2.75, 3.05) is 0 Å². The Kier molecular flexibility index (Phi) is 3.16. The minimum Gasteiger partial charge on any atom is -0.412 e. The van der Waals surface area contributed by atoms with E-state index in [9.17, 15) is 0 Å². The Labute approximate surface area is 112 Å². The van der Waals surface area contributed by atoms with Gasteiger partial charge in [0.15, 0.2) is 6.33 Å². The molecule has 0 amide bonds. The molecule has 4 fully saturated rings. The first-order valence-corrected chi connectivity index (χ1v) is 6.20. The second kappa shape index (κ2) is 4.15. The lowest BCUT2D eigenvalue weighted by molar-refractivity contribution is -0.0708. The summed E-state index contributed by atoms with van der Waals surface area (Å²) >= 11 is 0. The third-order valence-electron chi connectivity index (χ3n) is 4.85. The van der Waals surface area contributed by atoms with E-state index in [-0.39, 0.29) is 29.0 Å². The maximum Gasteiger partial charge on any atom is 0.162 e. The highest BCUT2D eigenvalue weighted by Crippen LogP contribution is 2.59. The minimum absolute atomic E-state index is 0. The molecule has 0 aliphatic heterocycles. The third-order valence-corrected chi connectivity index (χ3v) is 4.85. The van der Waals surface area contributed by atoms with E-state index >= 15 is 0 Å². The van der Waals surface area contributed by atoms with Gasteiger partial charge in [-0.1, -0.05) is 0 Å². The van der Waals surface area contributed by atoms with E-state index in [2.05, 4.69) is 15.4 Å². The summed E-state index contributed by atoms with van der Waals surface area (Å²) in [7, 11) is 0. The first kappa shape index (κ1) is 13.7. The van der Waals surface area contributed by atoms with Crippen molar-refractivity contribution in [1.82, 2.24) is 20.2 Å². The van der Waals surface area contributed by atoms with Crippen molar-refractivity contribution in [2.45, 2.75) is 49.6 Å². The third kappa shape index (κ3) is 1.74. The van der Waals surface area contributed by atoms with Gasteiger partial charge in [-0.15, -0.1) is 22.6 Å². The predicted octanol–water partition coefficient (Wildman–Crippen LogP) is 0.277. The zero-order chi connectivity index (χ0) is 10.8. The van der Waals surface area contributed by atoms with Gasteiger partial charge in [0.25, 0.3) is 0 Å². The number of rotatable bonds is 1. The summed E-state index contributed by atoms with van der Waals surface area (Å²) in [5.41, 5.74) is 6.67. The molecule has 0 spiro atoms. The number of tetrazole rings is 1. The number of aromatic nitrogens is 4. The molecule has 1 aromatic rings. The summed E-state index contributed by atoms with van der Waals surface area (Å²) in [6.07, 6.45) is 8.79. The first-order chi connectivity index (χ1) is 7.68. The molecule has 5 rings (SSSR count).